The standard InChI is InChI=1S/C23H29ClN4O.C4H4O4/c1-29-22-5-3-2-4-21(22)18-10-16-12-20(13-17(16)11-18)27-6-8-28(9-7-27)23-25-14-19(24)15-26-23;5-3(6)1-2-4(7)8/h2-5,14-18,20H,6-13H2,1H3;1-2H,(H,5,6)(H,7,8)/b;2-1+. The molecule has 1 saturated heterocycles. The number of fused-ring (bicyclic) bond motifs is 1. The number of carbonyl (C=O) groups is 2. The highest BCUT2D eigenvalue weighted by atomic mass is 35.5. The van der Waals surface area contributed by atoms with Crippen molar-refractivity contribution in [2.75, 3.05) is 38.2 Å². The molecular weight excluding hydrogens is 496 g/mol. The van der Waals surface area contributed by atoms with Crippen LogP contribution in [0.3, 0.4) is 0 Å². The summed E-state index contributed by atoms with van der Waals surface area (Å²) in [5.41, 5.74) is 1.41. The smallest absolute Gasteiger partial charge is 0.328 e. The summed E-state index contributed by atoms with van der Waals surface area (Å²) in [7, 11) is 1.79. The van der Waals surface area contributed by atoms with Crippen LogP contribution in [0.25, 0.3) is 0 Å². The van der Waals surface area contributed by atoms with Crippen LogP contribution in [0.2, 0.25) is 5.02 Å². The second-order valence-corrected chi connectivity index (χ2v) is 10.2. The third-order valence-electron chi connectivity index (χ3n) is 7.66. The van der Waals surface area contributed by atoms with Crippen molar-refractivity contribution in [3.63, 3.8) is 0 Å². The second kappa shape index (κ2) is 12.4. The first kappa shape index (κ1) is 26.9. The highest BCUT2D eigenvalue weighted by Crippen LogP contribution is 2.52. The fourth-order valence-electron chi connectivity index (χ4n) is 6.04. The monoisotopic (exact) mass is 528 g/mol. The van der Waals surface area contributed by atoms with Gasteiger partial charge in [-0.05, 0) is 55.1 Å². The molecule has 1 aromatic carbocycles. The van der Waals surface area contributed by atoms with Crippen LogP contribution in [-0.4, -0.2) is 76.4 Å². The highest BCUT2D eigenvalue weighted by Gasteiger charge is 2.44. The van der Waals surface area contributed by atoms with Gasteiger partial charge in [-0.3, -0.25) is 4.90 Å². The van der Waals surface area contributed by atoms with Crippen molar-refractivity contribution >= 4 is 29.5 Å². The van der Waals surface area contributed by atoms with E-state index < -0.39 is 11.9 Å². The Hall–Kier alpha value is -3.17. The van der Waals surface area contributed by atoms with Gasteiger partial charge < -0.3 is 19.8 Å². The van der Waals surface area contributed by atoms with Gasteiger partial charge in [0.1, 0.15) is 5.75 Å². The minimum absolute atomic E-state index is 0.558. The van der Waals surface area contributed by atoms with E-state index in [0.29, 0.717) is 23.1 Å². The summed E-state index contributed by atoms with van der Waals surface area (Å²) < 4.78 is 5.62. The van der Waals surface area contributed by atoms with Crippen molar-refractivity contribution in [2.45, 2.75) is 37.6 Å². The Labute approximate surface area is 221 Å². The molecule has 3 aliphatic rings. The van der Waals surface area contributed by atoms with Gasteiger partial charge in [0.15, 0.2) is 0 Å². The number of aromatic nitrogens is 2. The zero-order valence-electron chi connectivity index (χ0n) is 20.9. The zero-order chi connectivity index (χ0) is 26.4. The first-order valence-electron chi connectivity index (χ1n) is 12.6. The van der Waals surface area contributed by atoms with E-state index in [0.717, 1.165) is 55.8 Å². The topological polar surface area (TPSA) is 116 Å². The Morgan fingerprint density at radius 2 is 1.51 bits per heavy atom. The number of anilines is 1. The number of rotatable bonds is 6. The Morgan fingerprint density at radius 3 is 2.05 bits per heavy atom. The van der Waals surface area contributed by atoms with E-state index in [1.165, 1.54) is 31.2 Å². The van der Waals surface area contributed by atoms with Gasteiger partial charge in [-0.2, -0.15) is 0 Å². The van der Waals surface area contributed by atoms with Gasteiger partial charge in [0.05, 0.1) is 24.5 Å². The number of piperazine rings is 1. The van der Waals surface area contributed by atoms with Crippen molar-refractivity contribution in [3.8, 4) is 5.75 Å². The van der Waals surface area contributed by atoms with Crippen LogP contribution in [-0.2, 0) is 9.59 Å². The average Bonchev–Trinajstić information content (AvgIpc) is 3.48. The van der Waals surface area contributed by atoms with Gasteiger partial charge in [0, 0.05) is 44.4 Å². The summed E-state index contributed by atoms with van der Waals surface area (Å²) in [6.07, 6.45) is 9.84. The lowest BCUT2D eigenvalue weighted by atomic mass is 9.93. The van der Waals surface area contributed by atoms with Crippen LogP contribution < -0.4 is 9.64 Å². The Kier molecular flexibility index (Phi) is 9.00. The summed E-state index contributed by atoms with van der Waals surface area (Å²) in [5, 5.41) is 16.2. The molecule has 9 nitrogen and oxygen atoms in total. The van der Waals surface area contributed by atoms with Crippen molar-refractivity contribution in [1.82, 2.24) is 14.9 Å². The number of hydrogen-bond acceptors (Lipinski definition) is 7. The number of hydrogen-bond donors (Lipinski definition) is 2. The number of ether oxygens (including phenoxy) is 1. The van der Waals surface area contributed by atoms with Crippen LogP contribution in [0.15, 0.2) is 48.8 Å². The van der Waals surface area contributed by atoms with Crippen LogP contribution in [0, 0.1) is 11.8 Å². The number of carboxylic acid groups (broad SMARTS) is 2. The summed E-state index contributed by atoms with van der Waals surface area (Å²) in [4.78, 5) is 32.8. The molecule has 3 fully saturated rings. The van der Waals surface area contributed by atoms with E-state index >= 15 is 0 Å². The molecule has 2 N–H and O–H groups in total. The summed E-state index contributed by atoms with van der Waals surface area (Å²) >= 11 is 5.91. The molecule has 5 rings (SSSR count). The maximum absolute atomic E-state index is 9.55. The SMILES string of the molecule is COc1ccccc1C1CC2CC(N3CCN(c4ncc(Cl)cn4)CC3)CC2C1.O=C(O)/C=C/C(=O)O. The van der Waals surface area contributed by atoms with E-state index in [1.54, 1.807) is 19.5 Å². The molecule has 2 atom stereocenters. The molecule has 2 heterocycles. The van der Waals surface area contributed by atoms with Gasteiger partial charge in [0.2, 0.25) is 5.95 Å². The number of halogens is 1. The molecule has 1 aromatic heterocycles. The lowest BCUT2D eigenvalue weighted by Gasteiger charge is -2.38. The third kappa shape index (κ3) is 6.99. The predicted molar refractivity (Wildman–Crippen MR) is 140 cm³/mol. The molecule has 10 heteroatoms. The zero-order valence-corrected chi connectivity index (χ0v) is 21.6. The Bertz CT molecular complexity index is 1070. The van der Waals surface area contributed by atoms with E-state index in [-0.39, 0.29) is 0 Å². The molecular formula is C27H33ClN4O5. The van der Waals surface area contributed by atoms with Crippen LogP contribution in [0.5, 0.6) is 5.75 Å². The van der Waals surface area contributed by atoms with Crippen molar-refractivity contribution in [1.29, 1.82) is 0 Å². The molecule has 37 heavy (non-hydrogen) atoms. The minimum atomic E-state index is -1.26. The first-order valence-corrected chi connectivity index (χ1v) is 12.9. The summed E-state index contributed by atoms with van der Waals surface area (Å²) in [6, 6.07) is 9.34. The molecule has 2 unspecified atom stereocenters. The number of nitrogens with zero attached hydrogens (tertiary/aromatic N) is 4. The normalized spacial score (nSPS) is 25.4. The molecule has 2 saturated carbocycles. The first-order chi connectivity index (χ1) is 17.8. The quantitative estimate of drug-likeness (QED) is 0.537. The molecule has 0 amide bonds. The summed E-state index contributed by atoms with van der Waals surface area (Å²) in [6.45, 7) is 4.20. The lowest BCUT2D eigenvalue weighted by molar-refractivity contribution is -0.134. The molecule has 2 aromatic rings. The van der Waals surface area contributed by atoms with Crippen molar-refractivity contribution < 1.29 is 24.5 Å². The van der Waals surface area contributed by atoms with E-state index in [4.69, 9.17) is 26.6 Å². The van der Waals surface area contributed by atoms with Crippen molar-refractivity contribution in [3.05, 3.63) is 59.4 Å². The summed E-state index contributed by atoms with van der Waals surface area (Å²) in [5.74, 6) is 1.76. The number of methoxy groups -OCH3 is 1. The highest BCUT2D eigenvalue weighted by molar-refractivity contribution is 6.30. The molecule has 0 bridgehead atoms. The fraction of sp³-hybridized carbons (Fsp3) is 0.481. The number of para-hydroxylation sites is 1. The van der Waals surface area contributed by atoms with E-state index in [1.807, 2.05) is 0 Å². The second-order valence-electron chi connectivity index (χ2n) is 9.79. The number of aliphatic carboxylic acids is 2. The molecule has 2 aliphatic carbocycles. The molecule has 0 spiro atoms. The minimum Gasteiger partial charge on any atom is -0.496 e. The van der Waals surface area contributed by atoms with Crippen LogP contribution in [0.1, 0.15) is 37.2 Å². The average molecular weight is 529 g/mol. The van der Waals surface area contributed by atoms with Gasteiger partial charge in [-0.1, -0.05) is 29.8 Å². The maximum Gasteiger partial charge on any atom is 0.328 e. The third-order valence-corrected chi connectivity index (χ3v) is 7.85. The largest absolute Gasteiger partial charge is 0.496 e. The van der Waals surface area contributed by atoms with Gasteiger partial charge >= 0.3 is 11.9 Å². The molecule has 198 valence electrons. The van der Waals surface area contributed by atoms with Gasteiger partial charge in [0.25, 0.3) is 0 Å². The van der Waals surface area contributed by atoms with Gasteiger partial charge in [-0.15, -0.1) is 0 Å². The number of benzene rings is 1. The maximum atomic E-state index is 9.55. The predicted octanol–water partition coefficient (Wildman–Crippen LogP) is 3.94. The van der Waals surface area contributed by atoms with Gasteiger partial charge in [-0.25, -0.2) is 19.6 Å². The van der Waals surface area contributed by atoms with E-state index in [9.17, 15) is 9.59 Å². The lowest BCUT2D eigenvalue weighted by Crippen LogP contribution is -2.50. The van der Waals surface area contributed by atoms with Crippen LogP contribution >= 0.6 is 11.6 Å². The number of carboxylic acids is 2. The van der Waals surface area contributed by atoms with E-state index in [2.05, 4.69) is 44.0 Å². The Balaban J connectivity index is 0.000000349. The van der Waals surface area contributed by atoms with Crippen molar-refractivity contribution in [2.24, 2.45) is 11.8 Å². The Morgan fingerprint density at radius 1 is 0.946 bits per heavy atom. The molecule has 0 radical (unpaired) electrons. The fourth-order valence-corrected chi connectivity index (χ4v) is 6.14. The van der Waals surface area contributed by atoms with Crippen LogP contribution in [0.4, 0.5) is 5.95 Å². The molecule has 1 aliphatic heterocycles.